The topological polar surface area (TPSA) is 58.1 Å². The highest BCUT2D eigenvalue weighted by molar-refractivity contribution is 6.32. The number of hydrogen-bond donors (Lipinski definition) is 1. The van der Waals surface area contributed by atoms with E-state index in [1.165, 1.54) is 12.5 Å². The second kappa shape index (κ2) is 6.27. The summed E-state index contributed by atoms with van der Waals surface area (Å²) in [5.41, 5.74) is 0. The fraction of sp³-hybridized carbons (Fsp3) is 0.500. The van der Waals surface area contributed by atoms with Gasteiger partial charge in [0.2, 0.25) is 5.91 Å². The zero-order valence-corrected chi connectivity index (χ0v) is 10.2. The van der Waals surface area contributed by atoms with E-state index in [0.717, 1.165) is 6.42 Å². The van der Waals surface area contributed by atoms with Crippen LogP contribution in [0.25, 0.3) is 0 Å². The molecule has 16 heavy (non-hydrogen) atoms. The first-order valence-corrected chi connectivity index (χ1v) is 5.38. The summed E-state index contributed by atoms with van der Waals surface area (Å²) in [5.74, 6) is 0.726. The normalized spacial score (nSPS) is 9.94. The molecule has 0 unspecified atom stereocenters. The van der Waals surface area contributed by atoms with Crippen LogP contribution >= 0.6 is 11.6 Å². The van der Waals surface area contributed by atoms with Crippen molar-refractivity contribution in [3.05, 3.63) is 17.5 Å². The number of halogens is 1. The van der Waals surface area contributed by atoms with Gasteiger partial charge in [-0.25, -0.2) is 9.97 Å². The third-order valence-corrected chi connectivity index (χ3v) is 2.30. The lowest BCUT2D eigenvalue weighted by molar-refractivity contribution is -0.128. The quantitative estimate of drug-likeness (QED) is 0.794. The number of carbonyl (C=O) groups excluding carboxylic acids is 1. The Morgan fingerprint density at radius 2 is 2.31 bits per heavy atom. The molecule has 1 amide bonds. The van der Waals surface area contributed by atoms with Gasteiger partial charge in [0.15, 0.2) is 0 Å². The molecular weight excluding hydrogens is 228 g/mol. The molecule has 0 aliphatic carbocycles. The van der Waals surface area contributed by atoms with Crippen molar-refractivity contribution in [3.8, 4) is 0 Å². The molecule has 0 aliphatic rings. The van der Waals surface area contributed by atoms with Gasteiger partial charge >= 0.3 is 0 Å². The highest BCUT2D eigenvalue weighted by Crippen LogP contribution is 2.15. The van der Waals surface area contributed by atoms with Crippen molar-refractivity contribution in [3.63, 3.8) is 0 Å². The van der Waals surface area contributed by atoms with Crippen LogP contribution in [0.4, 0.5) is 5.82 Å². The van der Waals surface area contributed by atoms with Gasteiger partial charge in [0, 0.05) is 27.1 Å². The van der Waals surface area contributed by atoms with Crippen molar-refractivity contribution in [1.82, 2.24) is 14.9 Å². The van der Waals surface area contributed by atoms with E-state index in [0.29, 0.717) is 23.8 Å². The molecule has 1 N–H and O–H groups in total. The number of anilines is 1. The Balaban J connectivity index is 2.26. The molecule has 5 nitrogen and oxygen atoms in total. The van der Waals surface area contributed by atoms with E-state index in [9.17, 15) is 4.79 Å². The molecule has 0 aliphatic heterocycles. The van der Waals surface area contributed by atoms with Gasteiger partial charge in [-0.3, -0.25) is 4.79 Å². The predicted molar refractivity (Wildman–Crippen MR) is 63.5 cm³/mol. The molecule has 1 aromatic rings. The Labute approximate surface area is 99.8 Å². The highest BCUT2D eigenvalue weighted by atomic mass is 35.5. The minimum absolute atomic E-state index is 0.121. The molecule has 0 aromatic carbocycles. The Kier molecular flexibility index (Phi) is 4.98. The lowest BCUT2D eigenvalue weighted by atomic mass is 10.3. The molecule has 1 rings (SSSR count). The summed E-state index contributed by atoms with van der Waals surface area (Å²) in [7, 11) is 3.49. The van der Waals surface area contributed by atoms with Crippen molar-refractivity contribution in [2.24, 2.45) is 0 Å². The van der Waals surface area contributed by atoms with E-state index in [4.69, 9.17) is 11.6 Å². The Hall–Kier alpha value is -1.36. The largest absolute Gasteiger partial charge is 0.369 e. The molecule has 0 fully saturated rings. The minimum atomic E-state index is 0.121. The molecule has 88 valence electrons. The van der Waals surface area contributed by atoms with Crippen LogP contribution in [-0.4, -0.2) is 41.4 Å². The highest BCUT2D eigenvalue weighted by Gasteiger charge is 2.04. The van der Waals surface area contributed by atoms with Crippen LogP contribution in [0.1, 0.15) is 12.8 Å². The molecule has 0 spiro atoms. The number of nitrogens with zero attached hydrogens (tertiary/aromatic N) is 3. The molecule has 6 heteroatoms. The molecular formula is C10H15ClN4O. The number of carbonyl (C=O) groups is 1. The van der Waals surface area contributed by atoms with Crippen LogP contribution in [0.5, 0.6) is 0 Å². The first-order chi connectivity index (χ1) is 7.61. The molecule has 0 bridgehead atoms. The van der Waals surface area contributed by atoms with Gasteiger partial charge in [-0.2, -0.15) is 0 Å². The maximum Gasteiger partial charge on any atom is 0.222 e. The summed E-state index contributed by atoms with van der Waals surface area (Å²) in [6.45, 7) is 0.663. The Morgan fingerprint density at radius 1 is 1.56 bits per heavy atom. The zero-order valence-electron chi connectivity index (χ0n) is 9.40. The Morgan fingerprint density at radius 3 is 2.94 bits per heavy atom. The van der Waals surface area contributed by atoms with Crippen molar-refractivity contribution in [1.29, 1.82) is 0 Å². The third kappa shape index (κ3) is 4.02. The SMILES string of the molecule is CN(C)C(=O)CCCNc1ncncc1Cl. The maximum absolute atomic E-state index is 11.3. The number of hydrogen-bond acceptors (Lipinski definition) is 4. The molecule has 0 radical (unpaired) electrons. The van der Waals surface area contributed by atoms with Crippen LogP contribution in [0, 0.1) is 0 Å². The summed E-state index contributed by atoms with van der Waals surface area (Å²) in [6, 6.07) is 0. The van der Waals surface area contributed by atoms with Gasteiger partial charge in [0.05, 0.1) is 6.20 Å². The lowest BCUT2D eigenvalue weighted by Gasteiger charge is -2.10. The van der Waals surface area contributed by atoms with Crippen LogP contribution in [0.15, 0.2) is 12.5 Å². The molecule has 1 aromatic heterocycles. The number of nitrogens with one attached hydrogen (secondary N) is 1. The summed E-state index contributed by atoms with van der Waals surface area (Å²) in [6.07, 6.45) is 4.22. The van der Waals surface area contributed by atoms with Gasteiger partial charge in [-0.05, 0) is 6.42 Å². The van der Waals surface area contributed by atoms with Crippen molar-refractivity contribution >= 4 is 23.3 Å². The number of amides is 1. The lowest BCUT2D eigenvalue weighted by Crippen LogP contribution is -2.22. The average Bonchev–Trinajstić information content (AvgIpc) is 2.26. The zero-order chi connectivity index (χ0) is 12.0. The van der Waals surface area contributed by atoms with Crippen LogP contribution < -0.4 is 5.32 Å². The van der Waals surface area contributed by atoms with Gasteiger partial charge < -0.3 is 10.2 Å². The van der Waals surface area contributed by atoms with Crippen molar-refractivity contribution in [2.45, 2.75) is 12.8 Å². The number of rotatable bonds is 5. The van der Waals surface area contributed by atoms with E-state index in [-0.39, 0.29) is 5.91 Å². The maximum atomic E-state index is 11.3. The van der Waals surface area contributed by atoms with Crippen LogP contribution in [0.2, 0.25) is 5.02 Å². The minimum Gasteiger partial charge on any atom is -0.369 e. The van der Waals surface area contributed by atoms with Gasteiger partial charge in [0.25, 0.3) is 0 Å². The summed E-state index contributed by atoms with van der Waals surface area (Å²) in [5, 5.41) is 3.54. The molecule has 0 saturated heterocycles. The summed E-state index contributed by atoms with van der Waals surface area (Å²) in [4.78, 5) is 20.6. The van der Waals surface area contributed by atoms with E-state index in [1.54, 1.807) is 19.0 Å². The average molecular weight is 243 g/mol. The van der Waals surface area contributed by atoms with Gasteiger partial charge in [0.1, 0.15) is 17.2 Å². The first-order valence-electron chi connectivity index (χ1n) is 5.01. The molecule has 1 heterocycles. The van der Waals surface area contributed by atoms with Crippen molar-refractivity contribution in [2.75, 3.05) is 26.0 Å². The van der Waals surface area contributed by atoms with Gasteiger partial charge in [-0.15, -0.1) is 0 Å². The monoisotopic (exact) mass is 242 g/mol. The second-order valence-corrected chi connectivity index (χ2v) is 3.94. The number of aromatic nitrogens is 2. The first kappa shape index (κ1) is 12.7. The van der Waals surface area contributed by atoms with E-state index < -0.39 is 0 Å². The second-order valence-electron chi connectivity index (χ2n) is 3.54. The van der Waals surface area contributed by atoms with E-state index in [2.05, 4.69) is 15.3 Å². The predicted octanol–water partition coefficient (Wildman–Crippen LogP) is 1.41. The van der Waals surface area contributed by atoms with Crippen LogP contribution in [0.3, 0.4) is 0 Å². The van der Waals surface area contributed by atoms with E-state index >= 15 is 0 Å². The fourth-order valence-electron chi connectivity index (χ4n) is 1.11. The summed E-state index contributed by atoms with van der Waals surface area (Å²) >= 11 is 5.85. The molecule has 0 atom stereocenters. The van der Waals surface area contributed by atoms with Crippen molar-refractivity contribution < 1.29 is 4.79 Å². The fourth-order valence-corrected chi connectivity index (χ4v) is 1.28. The standard InChI is InChI=1S/C10H15ClN4O/c1-15(2)9(16)4-3-5-13-10-8(11)6-12-7-14-10/h6-7H,3-5H2,1-2H3,(H,12,13,14). The molecule has 0 saturated carbocycles. The third-order valence-electron chi connectivity index (χ3n) is 2.03. The smallest absolute Gasteiger partial charge is 0.222 e. The van der Waals surface area contributed by atoms with Gasteiger partial charge in [-0.1, -0.05) is 11.6 Å². The van der Waals surface area contributed by atoms with Crippen LogP contribution in [-0.2, 0) is 4.79 Å². The summed E-state index contributed by atoms with van der Waals surface area (Å²) < 4.78 is 0. The van der Waals surface area contributed by atoms with E-state index in [1.807, 2.05) is 0 Å². The Bertz CT molecular complexity index is 356.